The lowest BCUT2D eigenvalue weighted by atomic mass is 9.98. The quantitative estimate of drug-likeness (QED) is 0.485. The van der Waals surface area contributed by atoms with Gasteiger partial charge in [-0.25, -0.2) is 35.5 Å². The summed E-state index contributed by atoms with van der Waals surface area (Å²) in [7, 11) is 0. The van der Waals surface area contributed by atoms with E-state index in [2.05, 4.69) is 4.74 Å². The topological polar surface area (TPSA) is 38.3 Å². The van der Waals surface area contributed by atoms with Crippen LogP contribution in [0.15, 0.2) is 0 Å². The summed E-state index contributed by atoms with van der Waals surface area (Å²) in [5, 5.41) is 1.33. The second-order valence-electron chi connectivity index (χ2n) is 3.90. The maximum atomic E-state index is 13.4. The molecule has 1 saturated heterocycles. The molecule has 0 aliphatic carbocycles. The number of hydrogen-bond donors (Lipinski definition) is 1. The second kappa shape index (κ2) is 5.58. The van der Waals surface area contributed by atoms with E-state index in [1.165, 1.54) is 5.32 Å². The molecular formula is C10H5ClF7NO2. The molecule has 1 aliphatic heterocycles. The van der Waals surface area contributed by atoms with Gasteiger partial charge in [0.1, 0.15) is 6.04 Å². The SMILES string of the molecule is Cl.O=C1N[C@@H](c2c(F)c(F)c(F)c(F)c2F)C(F)(F)CO1. The van der Waals surface area contributed by atoms with Crippen molar-refractivity contribution in [2.75, 3.05) is 6.61 Å². The summed E-state index contributed by atoms with van der Waals surface area (Å²) in [4.78, 5) is 10.8. The fourth-order valence-corrected chi connectivity index (χ4v) is 1.67. The summed E-state index contributed by atoms with van der Waals surface area (Å²) < 4.78 is 96.3. The summed E-state index contributed by atoms with van der Waals surface area (Å²) >= 11 is 0. The smallest absolute Gasteiger partial charge is 0.408 e. The Hall–Kier alpha value is -1.71. The number of ether oxygens (including phenoxy) is 1. The normalized spacial score (nSPS) is 20.3. The Morgan fingerprint density at radius 1 is 0.952 bits per heavy atom. The molecule has 1 aliphatic rings. The van der Waals surface area contributed by atoms with E-state index >= 15 is 0 Å². The summed E-state index contributed by atoms with van der Waals surface area (Å²) in [6, 6.07) is -2.73. The minimum absolute atomic E-state index is 0. The molecule has 1 atom stereocenters. The number of cyclic esters (lactones) is 1. The van der Waals surface area contributed by atoms with E-state index < -0.39 is 59.3 Å². The number of amides is 1. The van der Waals surface area contributed by atoms with Crippen LogP contribution in [0, 0.1) is 29.1 Å². The van der Waals surface area contributed by atoms with Gasteiger partial charge in [-0.05, 0) is 0 Å². The van der Waals surface area contributed by atoms with Crippen LogP contribution in [-0.2, 0) is 4.74 Å². The third kappa shape index (κ3) is 2.71. The van der Waals surface area contributed by atoms with E-state index in [0.717, 1.165) is 0 Å². The van der Waals surface area contributed by atoms with Crippen LogP contribution < -0.4 is 5.32 Å². The molecule has 1 fully saturated rings. The van der Waals surface area contributed by atoms with E-state index in [9.17, 15) is 35.5 Å². The van der Waals surface area contributed by atoms with Gasteiger partial charge < -0.3 is 10.1 Å². The molecule has 118 valence electrons. The Bertz CT molecular complexity index is 566. The number of alkyl halides is 2. The molecular weight excluding hydrogens is 335 g/mol. The van der Waals surface area contributed by atoms with Gasteiger partial charge in [-0.15, -0.1) is 12.4 Å². The number of hydrogen-bond acceptors (Lipinski definition) is 2. The third-order valence-corrected chi connectivity index (χ3v) is 2.61. The van der Waals surface area contributed by atoms with Gasteiger partial charge in [-0.1, -0.05) is 0 Å². The summed E-state index contributed by atoms with van der Waals surface area (Å²) in [6.45, 7) is -1.55. The molecule has 2 rings (SSSR count). The third-order valence-electron chi connectivity index (χ3n) is 2.61. The van der Waals surface area contributed by atoms with Crippen molar-refractivity contribution in [3.8, 4) is 0 Å². The number of carbonyl (C=O) groups is 1. The van der Waals surface area contributed by atoms with Crippen molar-refractivity contribution in [3.05, 3.63) is 34.6 Å². The van der Waals surface area contributed by atoms with Crippen molar-refractivity contribution in [1.29, 1.82) is 0 Å². The summed E-state index contributed by atoms with van der Waals surface area (Å²) in [5.41, 5.74) is -1.82. The first-order valence-corrected chi connectivity index (χ1v) is 4.99. The summed E-state index contributed by atoms with van der Waals surface area (Å²) in [5.74, 6) is -16.2. The molecule has 0 spiro atoms. The predicted molar refractivity (Wildman–Crippen MR) is 55.7 cm³/mol. The number of carbonyl (C=O) groups excluding carboxylic acids is 1. The van der Waals surface area contributed by atoms with Crippen LogP contribution in [0.2, 0.25) is 0 Å². The lowest BCUT2D eigenvalue weighted by molar-refractivity contribution is -0.105. The van der Waals surface area contributed by atoms with Gasteiger partial charge in [-0.2, -0.15) is 0 Å². The Labute approximate surface area is 118 Å². The molecule has 1 N–H and O–H groups in total. The van der Waals surface area contributed by atoms with Crippen LogP contribution >= 0.6 is 12.4 Å². The minimum Gasteiger partial charge on any atom is -0.443 e. The van der Waals surface area contributed by atoms with Gasteiger partial charge in [0.15, 0.2) is 29.9 Å². The lowest BCUT2D eigenvalue weighted by Gasteiger charge is -2.32. The fourth-order valence-electron chi connectivity index (χ4n) is 1.67. The Balaban J connectivity index is 0.00000220. The highest BCUT2D eigenvalue weighted by Gasteiger charge is 2.50. The Kier molecular flexibility index (Phi) is 4.61. The van der Waals surface area contributed by atoms with Crippen LogP contribution in [0.4, 0.5) is 35.5 Å². The van der Waals surface area contributed by atoms with Gasteiger partial charge in [0.2, 0.25) is 5.82 Å². The molecule has 1 heterocycles. The van der Waals surface area contributed by atoms with Crippen LogP contribution in [0.3, 0.4) is 0 Å². The molecule has 11 heteroatoms. The molecule has 0 unspecified atom stereocenters. The van der Waals surface area contributed by atoms with Crippen molar-refractivity contribution in [2.45, 2.75) is 12.0 Å². The standard InChI is InChI=1S/C10H4F7NO2.ClH/c11-3-2(4(12)6(14)7(15)5(3)13)8-10(16,17)1-20-9(19)18-8;/h8H,1H2,(H,18,19);1H/t8-;/m0./s1. The Morgan fingerprint density at radius 3 is 1.86 bits per heavy atom. The van der Waals surface area contributed by atoms with Crippen LogP contribution in [0.25, 0.3) is 0 Å². The zero-order chi connectivity index (χ0) is 15.2. The van der Waals surface area contributed by atoms with E-state index in [0.29, 0.717) is 0 Å². The second-order valence-corrected chi connectivity index (χ2v) is 3.90. The average molecular weight is 340 g/mol. The van der Waals surface area contributed by atoms with Gasteiger partial charge in [0.25, 0.3) is 0 Å². The number of nitrogens with one attached hydrogen (secondary N) is 1. The molecule has 1 amide bonds. The number of alkyl carbamates (subject to hydrolysis) is 1. The molecule has 1 aromatic carbocycles. The van der Waals surface area contributed by atoms with Gasteiger partial charge in [0, 0.05) is 0 Å². The van der Waals surface area contributed by atoms with Gasteiger partial charge in [0.05, 0.1) is 5.56 Å². The maximum Gasteiger partial charge on any atom is 0.408 e. The van der Waals surface area contributed by atoms with Gasteiger partial charge >= 0.3 is 12.0 Å². The molecule has 0 saturated carbocycles. The molecule has 0 radical (unpaired) electrons. The van der Waals surface area contributed by atoms with E-state index in [-0.39, 0.29) is 12.4 Å². The molecule has 21 heavy (non-hydrogen) atoms. The van der Waals surface area contributed by atoms with E-state index in [1.54, 1.807) is 0 Å². The maximum absolute atomic E-state index is 13.4. The molecule has 0 bridgehead atoms. The lowest BCUT2D eigenvalue weighted by Crippen LogP contribution is -2.50. The minimum atomic E-state index is -4.05. The van der Waals surface area contributed by atoms with E-state index in [1.807, 2.05) is 0 Å². The first-order chi connectivity index (χ1) is 9.16. The number of benzene rings is 1. The zero-order valence-corrected chi connectivity index (χ0v) is 10.5. The first kappa shape index (κ1) is 17.3. The van der Waals surface area contributed by atoms with Crippen LogP contribution in [-0.4, -0.2) is 18.6 Å². The fraction of sp³-hybridized carbons (Fsp3) is 0.300. The van der Waals surface area contributed by atoms with Crippen molar-refractivity contribution in [1.82, 2.24) is 5.32 Å². The number of halogens is 8. The molecule has 3 nitrogen and oxygen atoms in total. The predicted octanol–water partition coefficient (Wildman–Crippen LogP) is 3.22. The Morgan fingerprint density at radius 2 is 1.38 bits per heavy atom. The average Bonchev–Trinajstić information content (AvgIpc) is 2.39. The monoisotopic (exact) mass is 339 g/mol. The van der Waals surface area contributed by atoms with Crippen molar-refractivity contribution in [3.63, 3.8) is 0 Å². The van der Waals surface area contributed by atoms with Crippen molar-refractivity contribution < 1.29 is 40.3 Å². The highest BCUT2D eigenvalue weighted by Crippen LogP contribution is 2.38. The van der Waals surface area contributed by atoms with Crippen molar-refractivity contribution >= 4 is 18.5 Å². The van der Waals surface area contributed by atoms with Crippen molar-refractivity contribution in [2.24, 2.45) is 0 Å². The van der Waals surface area contributed by atoms with Crippen LogP contribution in [0.5, 0.6) is 0 Å². The molecule has 1 aromatic rings. The molecule has 0 aromatic heterocycles. The highest BCUT2D eigenvalue weighted by atomic mass is 35.5. The van der Waals surface area contributed by atoms with Crippen LogP contribution in [0.1, 0.15) is 11.6 Å². The highest BCUT2D eigenvalue weighted by molar-refractivity contribution is 5.85. The van der Waals surface area contributed by atoms with E-state index in [4.69, 9.17) is 0 Å². The van der Waals surface area contributed by atoms with Gasteiger partial charge in [-0.3, -0.25) is 0 Å². The summed E-state index contributed by atoms with van der Waals surface area (Å²) in [6.07, 6.45) is -1.47. The zero-order valence-electron chi connectivity index (χ0n) is 9.65. The number of rotatable bonds is 1. The largest absolute Gasteiger partial charge is 0.443 e. The first-order valence-electron chi connectivity index (χ1n) is 4.99.